The fraction of sp³-hybridized carbons (Fsp3) is 0.320. The highest BCUT2D eigenvalue weighted by atomic mass is 32.2. The first-order chi connectivity index (χ1) is 17.1. The minimum atomic E-state index is -3.58. The van der Waals surface area contributed by atoms with Crippen LogP contribution in [0.1, 0.15) is 11.1 Å². The van der Waals surface area contributed by atoms with Crippen molar-refractivity contribution in [3.05, 3.63) is 59.2 Å². The number of carbonyl (C=O) groups is 2. The summed E-state index contributed by atoms with van der Waals surface area (Å²) < 4.78 is 39.0. The van der Waals surface area contributed by atoms with Gasteiger partial charge in [-0.3, -0.25) is 18.7 Å². The summed E-state index contributed by atoms with van der Waals surface area (Å²) in [6.07, 6.45) is 0.157. The predicted octanol–water partition coefficient (Wildman–Crippen LogP) is 1.62. The first kappa shape index (κ1) is 24.2. The lowest BCUT2D eigenvalue weighted by atomic mass is 9.82. The van der Waals surface area contributed by atoms with Gasteiger partial charge in [0.2, 0.25) is 0 Å². The molecule has 1 aliphatic carbocycles. The number of hydrogen-bond acceptors (Lipinski definition) is 9. The Balaban J connectivity index is 1.55. The lowest BCUT2D eigenvalue weighted by Crippen LogP contribution is -2.41. The van der Waals surface area contributed by atoms with E-state index in [1.54, 1.807) is 24.3 Å². The largest absolute Gasteiger partial charge is 0.491 e. The number of likely N-dealkylation sites (N-methyl/N-ethyl adjacent to an activating group) is 1. The van der Waals surface area contributed by atoms with Crippen LogP contribution in [0.4, 0.5) is 5.69 Å². The minimum Gasteiger partial charge on any atom is -0.491 e. The number of aliphatic imine (C=N–C) groups is 1. The van der Waals surface area contributed by atoms with E-state index in [2.05, 4.69) is 0 Å². The molecular weight excluding hydrogens is 486 g/mol. The highest BCUT2D eigenvalue weighted by Gasteiger charge is 2.49. The third-order valence-corrected chi connectivity index (χ3v) is 6.62. The number of amides is 2. The fourth-order valence-electron chi connectivity index (χ4n) is 4.41. The van der Waals surface area contributed by atoms with Gasteiger partial charge in [-0.05, 0) is 44.4 Å². The van der Waals surface area contributed by atoms with Gasteiger partial charge < -0.3 is 14.4 Å². The van der Waals surface area contributed by atoms with Gasteiger partial charge in [0, 0.05) is 24.2 Å². The summed E-state index contributed by atoms with van der Waals surface area (Å²) in [5.74, 6) is 0.157. The Morgan fingerprint density at radius 2 is 1.83 bits per heavy atom. The van der Waals surface area contributed by atoms with E-state index in [4.69, 9.17) is 18.6 Å². The van der Waals surface area contributed by atoms with Crippen LogP contribution in [0, 0.1) is 0 Å². The molecule has 2 heterocycles. The maximum Gasteiger partial charge on any atom is 0.264 e. The second kappa shape index (κ2) is 9.16. The van der Waals surface area contributed by atoms with Gasteiger partial charge in [0.1, 0.15) is 30.4 Å². The molecule has 0 N–H and O–H groups in total. The van der Waals surface area contributed by atoms with E-state index in [0.29, 0.717) is 40.6 Å². The Morgan fingerprint density at radius 3 is 2.58 bits per heavy atom. The van der Waals surface area contributed by atoms with Gasteiger partial charge in [-0.15, -0.1) is 0 Å². The van der Waals surface area contributed by atoms with Crippen LogP contribution in [-0.2, 0) is 23.9 Å². The molecule has 2 aromatic carbocycles. The van der Waals surface area contributed by atoms with Crippen LogP contribution in [-0.4, -0.2) is 88.5 Å². The van der Waals surface area contributed by atoms with Crippen molar-refractivity contribution >= 4 is 38.9 Å². The molecule has 5 rings (SSSR count). The number of para-hydroxylation sites is 2. The standard InChI is InChI=1S/C25H25N3O7S/c1-27(2)10-11-28-24(29)20-17-14-15(33-12-13-34-36(3,31)32)8-9-16(17)22-23(21(20)25(28)30)35-19-7-5-4-6-18(19)26-22/h4-9,14,23H,10-13H2,1-3H3. The molecule has 0 bridgehead atoms. The molecule has 2 amide bonds. The molecule has 1 unspecified atom stereocenters. The molecule has 2 aromatic rings. The topological polar surface area (TPSA) is 115 Å². The van der Waals surface area contributed by atoms with Crippen LogP contribution in [0.25, 0.3) is 5.57 Å². The number of nitrogens with zero attached hydrogens (tertiary/aromatic N) is 3. The number of ether oxygens (including phenoxy) is 2. The normalized spacial score (nSPS) is 18.4. The minimum absolute atomic E-state index is 0.0142. The van der Waals surface area contributed by atoms with E-state index in [9.17, 15) is 18.0 Å². The van der Waals surface area contributed by atoms with Crippen molar-refractivity contribution in [2.24, 2.45) is 4.99 Å². The molecule has 0 spiro atoms. The molecule has 1 atom stereocenters. The molecule has 0 saturated heterocycles. The lowest BCUT2D eigenvalue weighted by Gasteiger charge is -2.31. The number of carbonyl (C=O) groups excluding carboxylic acids is 2. The smallest absolute Gasteiger partial charge is 0.264 e. The number of hydrogen-bond donors (Lipinski definition) is 0. The van der Waals surface area contributed by atoms with Crippen molar-refractivity contribution in [2.45, 2.75) is 6.10 Å². The number of imide groups is 1. The Labute approximate surface area is 208 Å². The third-order valence-electron chi connectivity index (χ3n) is 6.02. The van der Waals surface area contributed by atoms with Gasteiger partial charge in [0.25, 0.3) is 21.9 Å². The highest BCUT2D eigenvalue weighted by molar-refractivity contribution is 7.85. The van der Waals surface area contributed by atoms with Gasteiger partial charge in [0.05, 0.1) is 23.1 Å². The third kappa shape index (κ3) is 4.41. The average Bonchev–Trinajstić information content (AvgIpc) is 3.08. The predicted molar refractivity (Wildman–Crippen MR) is 132 cm³/mol. The summed E-state index contributed by atoms with van der Waals surface area (Å²) in [4.78, 5) is 35.0. The van der Waals surface area contributed by atoms with Gasteiger partial charge in [-0.1, -0.05) is 12.1 Å². The molecule has 0 radical (unpaired) electrons. The zero-order valence-electron chi connectivity index (χ0n) is 20.1. The Hall–Kier alpha value is -3.54. The van der Waals surface area contributed by atoms with E-state index in [-0.39, 0.29) is 30.9 Å². The van der Waals surface area contributed by atoms with Crippen LogP contribution in [0.5, 0.6) is 11.5 Å². The Kier molecular flexibility index (Phi) is 6.15. The number of fused-ring (bicyclic) bond motifs is 6. The van der Waals surface area contributed by atoms with Gasteiger partial charge >= 0.3 is 0 Å². The lowest BCUT2D eigenvalue weighted by molar-refractivity contribution is -0.137. The maximum atomic E-state index is 13.5. The van der Waals surface area contributed by atoms with E-state index >= 15 is 0 Å². The molecule has 11 heteroatoms. The summed E-state index contributed by atoms with van der Waals surface area (Å²) in [7, 11) is 0.162. The molecule has 36 heavy (non-hydrogen) atoms. The van der Waals surface area contributed by atoms with Crippen LogP contribution >= 0.6 is 0 Å². The van der Waals surface area contributed by atoms with Crippen molar-refractivity contribution in [3.63, 3.8) is 0 Å². The van der Waals surface area contributed by atoms with Gasteiger partial charge in [-0.2, -0.15) is 8.42 Å². The van der Waals surface area contributed by atoms with Crippen molar-refractivity contribution in [2.75, 3.05) is 46.7 Å². The van der Waals surface area contributed by atoms with Crippen molar-refractivity contribution in [1.82, 2.24) is 9.80 Å². The van der Waals surface area contributed by atoms with Crippen molar-refractivity contribution in [3.8, 4) is 11.5 Å². The second-order valence-electron chi connectivity index (χ2n) is 8.90. The highest BCUT2D eigenvalue weighted by Crippen LogP contribution is 2.45. The fourth-order valence-corrected chi connectivity index (χ4v) is 4.78. The quantitative estimate of drug-likeness (QED) is 0.298. The van der Waals surface area contributed by atoms with Gasteiger partial charge in [-0.25, -0.2) is 4.99 Å². The summed E-state index contributed by atoms with van der Waals surface area (Å²) in [5.41, 5.74) is 2.91. The maximum absolute atomic E-state index is 13.5. The summed E-state index contributed by atoms with van der Waals surface area (Å²) in [5, 5.41) is 0. The number of benzene rings is 2. The van der Waals surface area contributed by atoms with E-state index < -0.39 is 28.0 Å². The summed E-state index contributed by atoms with van der Waals surface area (Å²) in [6.45, 7) is 0.587. The molecule has 0 aromatic heterocycles. The first-order valence-electron chi connectivity index (χ1n) is 11.4. The summed E-state index contributed by atoms with van der Waals surface area (Å²) in [6, 6.07) is 12.4. The molecule has 0 saturated carbocycles. The molecule has 2 aliphatic heterocycles. The zero-order valence-corrected chi connectivity index (χ0v) is 20.9. The molecule has 3 aliphatic rings. The van der Waals surface area contributed by atoms with E-state index in [0.717, 1.165) is 6.26 Å². The SMILES string of the molecule is CN(C)CCN1C(=O)C2=C(C1=O)C1Oc3ccccc3N=C1c1ccc(OCCOS(C)(=O)=O)cc12. The number of rotatable bonds is 8. The molecule has 188 valence electrons. The van der Waals surface area contributed by atoms with Crippen LogP contribution in [0.2, 0.25) is 0 Å². The molecule has 10 nitrogen and oxygen atoms in total. The van der Waals surface area contributed by atoms with Crippen LogP contribution < -0.4 is 9.47 Å². The monoisotopic (exact) mass is 511 g/mol. The second-order valence-corrected chi connectivity index (χ2v) is 10.5. The Morgan fingerprint density at radius 1 is 1.06 bits per heavy atom. The summed E-state index contributed by atoms with van der Waals surface area (Å²) >= 11 is 0. The zero-order chi connectivity index (χ0) is 25.6. The van der Waals surface area contributed by atoms with Crippen LogP contribution in [0.15, 0.2) is 53.0 Å². The Bertz CT molecular complexity index is 1430. The van der Waals surface area contributed by atoms with Crippen LogP contribution in [0.3, 0.4) is 0 Å². The molecular formula is C25H25N3O7S. The van der Waals surface area contributed by atoms with Gasteiger partial charge in [0.15, 0.2) is 6.10 Å². The average molecular weight is 512 g/mol. The van der Waals surface area contributed by atoms with Crippen molar-refractivity contribution < 1.29 is 31.7 Å². The van der Waals surface area contributed by atoms with E-state index in [1.807, 2.05) is 37.2 Å². The first-order valence-corrected chi connectivity index (χ1v) is 13.2. The van der Waals surface area contributed by atoms with Crippen molar-refractivity contribution in [1.29, 1.82) is 0 Å². The van der Waals surface area contributed by atoms with E-state index in [1.165, 1.54) is 4.90 Å². The molecule has 0 fully saturated rings.